The summed E-state index contributed by atoms with van der Waals surface area (Å²) in [6.07, 6.45) is 0. The molecule has 0 radical (unpaired) electrons. The second-order valence-corrected chi connectivity index (χ2v) is 4.85. The fraction of sp³-hybridized carbons (Fsp3) is 0.294. The van der Waals surface area contributed by atoms with Gasteiger partial charge in [-0.3, -0.25) is 0 Å². The first-order chi connectivity index (χ1) is 10.1. The molecule has 0 aliphatic heterocycles. The number of methoxy groups -OCH3 is 2. The first-order valence-corrected chi connectivity index (χ1v) is 6.83. The molecule has 1 atom stereocenters. The summed E-state index contributed by atoms with van der Waals surface area (Å²) in [5.41, 5.74) is 2.01. The molecule has 0 bridgehead atoms. The lowest BCUT2D eigenvalue weighted by Gasteiger charge is -2.15. The molecule has 0 saturated carbocycles. The number of halogens is 1. The maximum absolute atomic E-state index is 13.2. The summed E-state index contributed by atoms with van der Waals surface area (Å²) in [5, 5.41) is 3.37. The Hall–Kier alpha value is -2.07. The SMILES string of the molecule is COc1ccc(CNC(C)c2cccc(F)c2)cc1OC. The predicted molar refractivity (Wildman–Crippen MR) is 81.2 cm³/mol. The minimum Gasteiger partial charge on any atom is -0.493 e. The van der Waals surface area contributed by atoms with E-state index in [1.165, 1.54) is 6.07 Å². The van der Waals surface area contributed by atoms with Gasteiger partial charge in [0.05, 0.1) is 14.2 Å². The Morgan fingerprint density at radius 3 is 2.48 bits per heavy atom. The van der Waals surface area contributed by atoms with Gasteiger partial charge in [0.2, 0.25) is 0 Å². The third-order valence-corrected chi connectivity index (χ3v) is 3.41. The largest absolute Gasteiger partial charge is 0.493 e. The Balaban J connectivity index is 2.02. The van der Waals surface area contributed by atoms with Crippen LogP contribution in [-0.2, 0) is 6.54 Å². The number of ether oxygens (including phenoxy) is 2. The summed E-state index contributed by atoms with van der Waals surface area (Å²) < 4.78 is 23.7. The van der Waals surface area contributed by atoms with E-state index in [0.717, 1.165) is 11.1 Å². The van der Waals surface area contributed by atoms with Crippen LogP contribution in [0.3, 0.4) is 0 Å². The van der Waals surface area contributed by atoms with Crippen LogP contribution in [0.2, 0.25) is 0 Å². The smallest absolute Gasteiger partial charge is 0.161 e. The molecule has 1 N–H and O–H groups in total. The van der Waals surface area contributed by atoms with Crippen LogP contribution in [0.5, 0.6) is 11.5 Å². The zero-order valence-electron chi connectivity index (χ0n) is 12.5. The minimum absolute atomic E-state index is 0.0637. The summed E-state index contributed by atoms with van der Waals surface area (Å²) in [5.74, 6) is 1.20. The van der Waals surface area contributed by atoms with Crippen molar-refractivity contribution in [3.63, 3.8) is 0 Å². The van der Waals surface area contributed by atoms with Crippen molar-refractivity contribution in [2.75, 3.05) is 14.2 Å². The van der Waals surface area contributed by atoms with E-state index >= 15 is 0 Å². The van der Waals surface area contributed by atoms with E-state index in [1.54, 1.807) is 26.4 Å². The standard InChI is InChI=1S/C17H20FNO2/c1-12(14-5-4-6-15(18)10-14)19-11-13-7-8-16(20-2)17(9-13)21-3/h4-10,12,19H,11H2,1-3H3. The minimum atomic E-state index is -0.215. The summed E-state index contributed by atoms with van der Waals surface area (Å²) in [6.45, 7) is 2.67. The topological polar surface area (TPSA) is 30.5 Å². The molecule has 2 aromatic rings. The lowest BCUT2D eigenvalue weighted by atomic mass is 10.1. The van der Waals surface area contributed by atoms with Gasteiger partial charge >= 0.3 is 0 Å². The van der Waals surface area contributed by atoms with Gasteiger partial charge in [0.15, 0.2) is 11.5 Å². The van der Waals surface area contributed by atoms with Crippen LogP contribution in [0.4, 0.5) is 4.39 Å². The van der Waals surface area contributed by atoms with E-state index in [-0.39, 0.29) is 11.9 Å². The van der Waals surface area contributed by atoms with Crippen molar-refractivity contribution < 1.29 is 13.9 Å². The molecule has 21 heavy (non-hydrogen) atoms. The Bertz CT molecular complexity index is 601. The summed E-state index contributed by atoms with van der Waals surface area (Å²) >= 11 is 0. The van der Waals surface area contributed by atoms with Gasteiger partial charge in [-0.1, -0.05) is 18.2 Å². The number of nitrogens with one attached hydrogen (secondary N) is 1. The number of rotatable bonds is 6. The molecule has 4 heteroatoms. The molecule has 0 saturated heterocycles. The highest BCUT2D eigenvalue weighted by atomic mass is 19.1. The van der Waals surface area contributed by atoms with Crippen LogP contribution in [-0.4, -0.2) is 14.2 Å². The van der Waals surface area contributed by atoms with Crippen LogP contribution in [0, 0.1) is 5.82 Å². The first kappa shape index (κ1) is 15.3. The molecule has 0 aliphatic rings. The highest BCUT2D eigenvalue weighted by Gasteiger charge is 2.08. The molecule has 0 aromatic heterocycles. The van der Waals surface area contributed by atoms with Crippen molar-refractivity contribution in [2.24, 2.45) is 0 Å². The van der Waals surface area contributed by atoms with Gasteiger partial charge in [-0.05, 0) is 42.3 Å². The van der Waals surface area contributed by atoms with Crippen molar-refractivity contribution >= 4 is 0 Å². The second-order valence-electron chi connectivity index (χ2n) is 4.85. The van der Waals surface area contributed by atoms with Crippen molar-refractivity contribution in [1.29, 1.82) is 0 Å². The third kappa shape index (κ3) is 3.95. The van der Waals surface area contributed by atoms with Crippen molar-refractivity contribution in [2.45, 2.75) is 19.5 Å². The Labute approximate surface area is 124 Å². The monoisotopic (exact) mass is 289 g/mol. The molecule has 0 fully saturated rings. The van der Waals surface area contributed by atoms with Gasteiger partial charge in [0.1, 0.15) is 5.82 Å². The molecule has 0 heterocycles. The van der Waals surface area contributed by atoms with E-state index < -0.39 is 0 Å². The van der Waals surface area contributed by atoms with E-state index in [2.05, 4.69) is 5.32 Å². The number of hydrogen-bond donors (Lipinski definition) is 1. The van der Waals surface area contributed by atoms with Gasteiger partial charge < -0.3 is 14.8 Å². The van der Waals surface area contributed by atoms with Gasteiger partial charge in [0.25, 0.3) is 0 Å². The zero-order valence-corrected chi connectivity index (χ0v) is 12.5. The number of benzene rings is 2. The van der Waals surface area contributed by atoms with Crippen LogP contribution in [0.1, 0.15) is 24.1 Å². The van der Waals surface area contributed by atoms with Crippen molar-refractivity contribution in [1.82, 2.24) is 5.32 Å². The molecular formula is C17H20FNO2. The van der Waals surface area contributed by atoms with Crippen LogP contribution in [0.15, 0.2) is 42.5 Å². The van der Waals surface area contributed by atoms with E-state index in [9.17, 15) is 4.39 Å². The van der Waals surface area contributed by atoms with Crippen molar-refractivity contribution in [3.8, 4) is 11.5 Å². The van der Waals surface area contributed by atoms with Crippen LogP contribution >= 0.6 is 0 Å². The van der Waals surface area contributed by atoms with Gasteiger partial charge in [-0.15, -0.1) is 0 Å². The lowest BCUT2D eigenvalue weighted by Crippen LogP contribution is -2.18. The summed E-state index contributed by atoms with van der Waals surface area (Å²) in [7, 11) is 3.23. The number of hydrogen-bond acceptors (Lipinski definition) is 3. The average molecular weight is 289 g/mol. The van der Waals surface area contributed by atoms with Gasteiger partial charge in [-0.25, -0.2) is 4.39 Å². The first-order valence-electron chi connectivity index (χ1n) is 6.83. The summed E-state index contributed by atoms with van der Waals surface area (Å²) in [4.78, 5) is 0. The predicted octanol–water partition coefficient (Wildman–Crippen LogP) is 3.69. The van der Waals surface area contributed by atoms with E-state index in [1.807, 2.05) is 31.2 Å². The second kappa shape index (κ2) is 7.09. The van der Waals surface area contributed by atoms with Crippen LogP contribution in [0.25, 0.3) is 0 Å². The van der Waals surface area contributed by atoms with E-state index in [0.29, 0.717) is 18.0 Å². The fourth-order valence-corrected chi connectivity index (χ4v) is 2.16. The zero-order chi connectivity index (χ0) is 15.2. The Kier molecular flexibility index (Phi) is 5.17. The third-order valence-electron chi connectivity index (χ3n) is 3.41. The lowest BCUT2D eigenvalue weighted by molar-refractivity contribution is 0.354. The molecule has 112 valence electrons. The average Bonchev–Trinajstić information content (AvgIpc) is 2.52. The Morgan fingerprint density at radius 1 is 1.05 bits per heavy atom. The Morgan fingerprint density at radius 2 is 1.81 bits per heavy atom. The van der Waals surface area contributed by atoms with Crippen LogP contribution < -0.4 is 14.8 Å². The highest BCUT2D eigenvalue weighted by Crippen LogP contribution is 2.27. The fourth-order valence-electron chi connectivity index (χ4n) is 2.16. The highest BCUT2D eigenvalue weighted by molar-refractivity contribution is 5.42. The molecule has 2 rings (SSSR count). The molecule has 2 aromatic carbocycles. The van der Waals surface area contributed by atoms with Crippen molar-refractivity contribution in [3.05, 3.63) is 59.4 Å². The molecule has 1 unspecified atom stereocenters. The maximum Gasteiger partial charge on any atom is 0.161 e. The van der Waals surface area contributed by atoms with Gasteiger partial charge in [0, 0.05) is 12.6 Å². The molecule has 0 spiro atoms. The van der Waals surface area contributed by atoms with Gasteiger partial charge in [-0.2, -0.15) is 0 Å². The molecule has 3 nitrogen and oxygen atoms in total. The molecule has 0 aliphatic carbocycles. The maximum atomic E-state index is 13.2. The summed E-state index contributed by atoms with van der Waals surface area (Å²) in [6, 6.07) is 12.5. The molecule has 0 amide bonds. The molecular weight excluding hydrogens is 269 g/mol. The van der Waals surface area contributed by atoms with E-state index in [4.69, 9.17) is 9.47 Å². The normalized spacial score (nSPS) is 12.0. The quantitative estimate of drug-likeness (QED) is 0.879.